The molecule has 2 aliphatic rings. The Morgan fingerprint density at radius 3 is 2.89 bits per heavy atom. The molecular weight excluding hydrogens is 120 g/mol. The van der Waals surface area contributed by atoms with E-state index in [-0.39, 0.29) is 18.5 Å². The van der Waals surface area contributed by atoms with Crippen molar-refractivity contribution in [1.82, 2.24) is 0 Å². The smallest absolute Gasteiger partial charge is 0.175 e. The molecule has 1 saturated carbocycles. The highest BCUT2D eigenvalue weighted by Crippen LogP contribution is 2.46. The van der Waals surface area contributed by atoms with Gasteiger partial charge in [0.25, 0.3) is 0 Å². The molecule has 50 valence electrons. The van der Waals surface area contributed by atoms with Gasteiger partial charge in [0.1, 0.15) is 0 Å². The molecule has 3 nitrogen and oxygen atoms in total. The number of epoxide rings is 1. The maximum atomic E-state index is 10.9. The number of hydrogen-bond acceptors (Lipinski definition) is 3. The Morgan fingerprint density at radius 2 is 2.67 bits per heavy atom. The van der Waals surface area contributed by atoms with E-state index < -0.39 is 5.60 Å². The fraction of sp³-hybridized carbons (Fsp3) is 0.833. The van der Waals surface area contributed by atoms with Crippen LogP contribution in [0.1, 0.15) is 12.8 Å². The summed E-state index contributed by atoms with van der Waals surface area (Å²) in [4.78, 5) is 10.9. The van der Waals surface area contributed by atoms with Crippen LogP contribution in [0.25, 0.3) is 0 Å². The summed E-state index contributed by atoms with van der Waals surface area (Å²) < 4.78 is 5.00. The van der Waals surface area contributed by atoms with E-state index in [9.17, 15) is 4.79 Å². The number of hydrogen-bond donors (Lipinski definition) is 1. The second kappa shape index (κ2) is 1.36. The first kappa shape index (κ1) is 5.38. The van der Waals surface area contributed by atoms with Crippen molar-refractivity contribution in [2.24, 2.45) is 0 Å². The predicted molar refractivity (Wildman–Crippen MR) is 28.9 cm³/mol. The van der Waals surface area contributed by atoms with Gasteiger partial charge in [-0.1, -0.05) is 0 Å². The lowest BCUT2D eigenvalue weighted by Crippen LogP contribution is -2.25. The maximum absolute atomic E-state index is 10.9. The van der Waals surface area contributed by atoms with Crippen LogP contribution in [0, 0.1) is 0 Å². The summed E-state index contributed by atoms with van der Waals surface area (Å²) in [6.45, 7) is -0.128. The minimum absolute atomic E-state index is 0.0509. The molecule has 2 atom stereocenters. The van der Waals surface area contributed by atoms with Gasteiger partial charge in [-0.3, -0.25) is 4.79 Å². The summed E-state index contributed by atoms with van der Waals surface area (Å²) in [5.41, 5.74) is -0.722. The van der Waals surface area contributed by atoms with Gasteiger partial charge in [0.15, 0.2) is 11.4 Å². The van der Waals surface area contributed by atoms with Gasteiger partial charge in [-0.25, -0.2) is 0 Å². The van der Waals surface area contributed by atoms with Gasteiger partial charge >= 0.3 is 0 Å². The second-order valence-electron chi connectivity index (χ2n) is 2.62. The molecule has 0 aromatic heterocycles. The van der Waals surface area contributed by atoms with Crippen molar-refractivity contribution in [2.45, 2.75) is 24.5 Å². The third-order valence-electron chi connectivity index (χ3n) is 2.16. The van der Waals surface area contributed by atoms with E-state index in [1.54, 1.807) is 0 Å². The van der Waals surface area contributed by atoms with E-state index in [4.69, 9.17) is 9.84 Å². The number of aliphatic hydroxyl groups is 1. The van der Waals surface area contributed by atoms with Gasteiger partial charge in [0.05, 0.1) is 12.7 Å². The van der Waals surface area contributed by atoms with Gasteiger partial charge in [-0.15, -0.1) is 0 Å². The molecule has 0 unspecified atom stereocenters. The van der Waals surface area contributed by atoms with Crippen molar-refractivity contribution in [3.8, 4) is 0 Å². The molecule has 2 fully saturated rings. The highest BCUT2D eigenvalue weighted by Gasteiger charge is 2.65. The first-order chi connectivity index (χ1) is 4.29. The summed E-state index contributed by atoms with van der Waals surface area (Å²) in [5, 5.41) is 8.69. The Hall–Kier alpha value is -0.410. The number of ether oxygens (including phenoxy) is 1. The molecule has 0 aromatic carbocycles. The van der Waals surface area contributed by atoms with Crippen LogP contribution in [-0.2, 0) is 9.53 Å². The first-order valence-electron chi connectivity index (χ1n) is 3.11. The molecule has 0 radical (unpaired) electrons. The molecule has 1 aliphatic carbocycles. The molecule has 0 spiro atoms. The van der Waals surface area contributed by atoms with Crippen molar-refractivity contribution >= 4 is 5.78 Å². The zero-order chi connectivity index (χ0) is 6.48. The molecular formula is C6H8O3. The number of aliphatic hydroxyl groups excluding tert-OH is 1. The molecule has 0 bridgehead atoms. The van der Waals surface area contributed by atoms with Crippen LogP contribution in [0.3, 0.4) is 0 Å². The minimum Gasteiger partial charge on any atom is -0.393 e. The van der Waals surface area contributed by atoms with Crippen molar-refractivity contribution < 1.29 is 14.6 Å². The van der Waals surface area contributed by atoms with Gasteiger partial charge in [0.2, 0.25) is 0 Å². The van der Waals surface area contributed by atoms with E-state index in [0.717, 1.165) is 6.42 Å². The Balaban J connectivity index is 2.23. The number of carbonyl (C=O) groups excluding carboxylic acids is 1. The fourth-order valence-corrected chi connectivity index (χ4v) is 1.46. The zero-order valence-electron chi connectivity index (χ0n) is 4.96. The molecule has 0 amide bonds. The maximum Gasteiger partial charge on any atom is 0.175 e. The minimum atomic E-state index is -0.722. The Morgan fingerprint density at radius 1 is 1.89 bits per heavy atom. The van der Waals surface area contributed by atoms with E-state index in [1.165, 1.54) is 0 Å². The highest BCUT2D eigenvalue weighted by molar-refractivity contribution is 5.93. The van der Waals surface area contributed by atoms with Gasteiger partial charge < -0.3 is 9.84 Å². The Bertz CT molecular complexity index is 162. The molecule has 1 N–H and O–H groups in total. The van der Waals surface area contributed by atoms with Gasteiger partial charge in [-0.2, -0.15) is 0 Å². The summed E-state index contributed by atoms with van der Waals surface area (Å²) in [5.74, 6) is 0.0787. The number of ketones is 1. The van der Waals surface area contributed by atoms with Crippen molar-refractivity contribution in [2.75, 3.05) is 6.61 Å². The van der Waals surface area contributed by atoms with Crippen molar-refractivity contribution in [3.63, 3.8) is 0 Å². The third-order valence-corrected chi connectivity index (χ3v) is 2.16. The van der Waals surface area contributed by atoms with Gasteiger partial charge in [-0.05, 0) is 6.42 Å². The number of carbonyl (C=O) groups is 1. The molecule has 9 heavy (non-hydrogen) atoms. The normalized spacial score (nSPS) is 47.2. The quantitative estimate of drug-likeness (QED) is 0.483. The molecule has 0 aromatic rings. The molecule has 1 heterocycles. The van der Waals surface area contributed by atoms with E-state index in [0.29, 0.717) is 6.42 Å². The monoisotopic (exact) mass is 128 g/mol. The molecule has 1 aliphatic heterocycles. The first-order valence-corrected chi connectivity index (χ1v) is 3.11. The second-order valence-corrected chi connectivity index (χ2v) is 2.62. The van der Waals surface area contributed by atoms with Crippen LogP contribution in [0.2, 0.25) is 0 Å². The topological polar surface area (TPSA) is 49.8 Å². The summed E-state index contributed by atoms with van der Waals surface area (Å²) in [6, 6.07) is 0. The summed E-state index contributed by atoms with van der Waals surface area (Å²) >= 11 is 0. The Labute approximate surface area is 52.6 Å². The highest BCUT2D eigenvalue weighted by atomic mass is 16.6. The number of rotatable bonds is 1. The zero-order valence-corrected chi connectivity index (χ0v) is 4.96. The number of Topliss-reactive ketones (excluding diaryl/α,β-unsaturated/α-hetero) is 1. The van der Waals surface area contributed by atoms with Crippen LogP contribution >= 0.6 is 0 Å². The van der Waals surface area contributed by atoms with E-state index in [2.05, 4.69) is 0 Å². The van der Waals surface area contributed by atoms with E-state index >= 15 is 0 Å². The lowest BCUT2D eigenvalue weighted by atomic mass is 10.1. The fourth-order valence-electron chi connectivity index (χ4n) is 1.46. The summed E-state index contributed by atoms with van der Waals surface area (Å²) in [6.07, 6.45) is 1.44. The van der Waals surface area contributed by atoms with Crippen molar-refractivity contribution in [1.29, 1.82) is 0 Å². The largest absolute Gasteiger partial charge is 0.393 e. The predicted octanol–water partition coefficient (Wildman–Crippen LogP) is -0.521. The van der Waals surface area contributed by atoms with Crippen LogP contribution in [0.15, 0.2) is 0 Å². The lowest BCUT2D eigenvalue weighted by molar-refractivity contribution is -0.125. The van der Waals surface area contributed by atoms with Gasteiger partial charge in [0, 0.05) is 6.42 Å². The molecule has 2 rings (SSSR count). The van der Waals surface area contributed by atoms with Crippen LogP contribution in [0.4, 0.5) is 0 Å². The SMILES string of the molecule is O=C1CC[C@@H]2O[C@]12CO. The van der Waals surface area contributed by atoms with E-state index in [1.807, 2.05) is 0 Å². The Kier molecular flexibility index (Phi) is 0.811. The van der Waals surface area contributed by atoms with Crippen LogP contribution in [-0.4, -0.2) is 29.2 Å². The average Bonchev–Trinajstić information content (AvgIpc) is 2.52. The standard InChI is InChI=1S/C6H8O3/c7-3-6-4(8)1-2-5(6)9-6/h5,7H,1-3H2/t5-,6+/m0/s1. The lowest BCUT2D eigenvalue weighted by Gasteiger charge is -1.99. The number of fused-ring (bicyclic) bond motifs is 1. The third kappa shape index (κ3) is 0.465. The molecule has 1 saturated heterocycles. The van der Waals surface area contributed by atoms with Crippen molar-refractivity contribution in [3.05, 3.63) is 0 Å². The average molecular weight is 128 g/mol. The van der Waals surface area contributed by atoms with Crippen LogP contribution < -0.4 is 0 Å². The summed E-state index contributed by atoms with van der Waals surface area (Å²) in [7, 11) is 0. The molecule has 3 heteroatoms. The van der Waals surface area contributed by atoms with Crippen LogP contribution in [0.5, 0.6) is 0 Å².